The first-order chi connectivity index (χ1) is 44.2. The van der Waals surface area contributed by atoms with E-state index in [0.717, 1.165) is 100 Å². The van der Waals surface area contributed by atoms with Gasteiger partial charge in [-0.05, 0) is 134 Å². The van der Waals surface area contributed by atoms with Gasteiger partial charge in [0.25, 0.3) is 0 Å². The van der Waals surface area contributed by atoms with E-state index < -0.39 is 11.4 Å². The molecule has 10 aromatic rings. The van der Waals surface area contributed by atoms with Gasteiger partial charge in [-0.15, -0.1) is 0 Å². The number of carboxylic acid groups (broad SMARTS) is 1. The number of carbonyl (C=O) groups is 2. The summed E-state index contributed by atoms with van der Waals surface area (Å²) in [6.45, 7) is 5.55. The molecule has 0 aliphatic carbocycles. The highest BCUT2D eigenvalue weighted by atomic mass is 32.2. The van der Waals surface area contributed by atoms with Crippen molar-refractivity contribution < 1.29 is 43.1 Å². The summed E-state index contributed by atoms with van der Waals surface area (Å²) in [6.07, 6.45) is 18.0. The Morgan fingerprint density at radius 1 is 0.527 bits per heavy atom. The number of nitrogens with zero attached hydrogens (tertiary/aromatic N) is 6. The van der Waals surface area contributed by atoms with Crippen LogP contribution in [0.4, 0.5) is 5.82 Å². The van der Waals surface area contributed by atoms with Gasteiger partial charge in [-0.3, -0.25) is 29.3 Å². The zero-order chi connectivity index (χ0) is 64.0. The van der Waals surface area contributed by atoms with E-state index in [1.54, 1.807) is 108 Å². The lowest BCUT2D eigenvalue weighted by molar-refractivity contribution is 0.0694. The summed E-state index contributed by atoms with van der Waals surface area (Å²) in [5.74, 6) is 9.39. The van der Waals surface area contributed by atoms with E-state index in [0.29, 0.717) is 86.0 Å². The molecule has 2 saturated heterocycles. The Labute approximate surface area is 535 Å². The summed E-state index contributed by atoms with van der Waals surface area (Å²) >= 11 is 3.95. The topological polar surface area (TPSA) is 231 Å². The van der Waals surface area contributed by atoms with Gasteiger partial charge < -0.3 is 48.4 Å². The van der Waals surface area contributed by atoms with Crippen LogP contribution in [0.3, 0.4) is 0 Å². The van der Waals surface area contributed by atoms with E-state index in [1.165, 1.54) is 6.20 Å². The third-order valence-electron chi connectivity index (χ3n) is 15.8. The summed E-state index contributed by atoms with van der Waals surface area (Å²) in [6, 6.07) is 33.3. The molecule has 0 atom stereocenters. The number of methoxy groups -OCH3 is 4. The van der Waals surface area contributed by atoms with Crippen molar-refractivity contribution in [2.45, 2.75) is 59.0 Å². The molecule has 91 heavy (non-hydrogen) atoms. The highest BCUT2D eigenvalue weighted by Gasteiger charge is 2.22. The van der Waals surface area contributed by atoms with Gasteiger partial charge >= 0.3 is 5.97 Å². The Kier molecular flexibility index (Phi) is 21.4. The molecule has 4 aromatic carbocycles. The van der Waals surface area contributed by atoms with Crippen molar-refractivity contribution in [3.63, 3.8) is 0 Å². The second kappa shape index (κ2) is 30.2. The molecule has 20 heteroatoms. The number of aryl methyl sites for hydroxylation is 2. The number of Topliss-reactive ketones (excluding diaryl/α,β-unsaturated/α-hetero) is 1. The van der Waals surface area contributed by atoms with Crippen LogP contribution in [0.15, 0.2) is 168 Å². The van der Waals surface area contributed by atoms with E-state index in [-0.39, 0.29) is 28.8 Å². The number of benzene rings is 4. The van der Waals surface area contributed by atoms with Crippen LogP contribution in [0.25, 0.3) is 44.1 Å². The fourth-order valence-corrected chi connectivity index (χ4v) is 13.2. The molecule has 12 rings (SSSR count). The number of aromatic carboxylic acids is 1. The first-order valence-corrected chi connectivity index (χ1v) is 32.1. The van der Waals surface area contributed by atoms with Crippen LogP contribution in [0.2, 0.25) is 0 Å². The number of hydrogen-bond acceptors (Lipinski definition) is 17. The van der Waals surface area contributed by atoms with Crippen molar-refractivity contribution in [2.24, 2.45) is 11.8 Å². The number of anilines is 1. The van der Waals surface area contributed by atoms with Crippen LogP contribution >= 0.6 is 23.5 Å². The number of nitrogens with two attached hydrogens (primary N) is 1. The minimum Gasteiger partial charge on any atom is -0.493 e. The van der Waals surface area contributed by atoms with E-state index in [1.807, 2.05) is 119 Å². The molecule has 18 nitrogen and oxygen atoms in total. The molecule has 0 radical (unpaired) electrons. The van der Waals surface area contributed by atoms with Crippen LogP contribution in [0, 0.1) is 25.7 Å². The van der Waals surface area contributed by atoms with Gasteiger partial charge in [0.15, 0.2) is 34.2 Å². The summed E-state index contributed by atoms with van der Waals surface area (Å²) in [5, 5.41) is 11.0. The molecule has 468 valence electrons. The standard InChI is InChI=1S/C36H35N3O5S.C19H21NO3S.C16H15N3O3/c1-23-4-6-25(7-5-23)29-21-39(20-24-11-14-45-15-12-24)22-30(36(29)41)32(40)16-26-8-9-27(19-38-26)44-33-10-13-37-31-18-35(43-3)34(42-2)17-28(31)33;1-13-2-4-15(5-3-13)16-11-20(10-14-6-8-24-9-7-14)12-17(18(16)21)19(22)23;1-20-14-7-11-12(8-15(14)21-2)18-6-5-13(11)22-10-3-4-16(17)19-9-10/h4-10,13,17-19,21-22,24H,11-12,14-16,20H2,1-3H3;2-5,11-12,14H,6-10H2,1H3,(H,22,23);3-9H,1-2H3,(H2,17,19). The van der Waals surface area contributed by atoms with Crippen molar-refractivity contribution in [1.82, 2.24) is 29.1 Å². The number of carbonyl (C=O) groups excluding carboxylic acids is 1. The van der Waals surface area contributed by atoms with Gasteiger partial charge in [-0.25, -0.2) is 9.78 Å². The average Bonchev–Trinajstić information content (AvgIpc) is 1.12. The van der Waals surface area contributed by atoms with Crippen LogP contribution in [-0.4, -0.2) is 97.4 Å². The van der Waals surface area contributed by atoms with Crippen LogP contribution in [-0.2, 0) is 19.5 Å². The number of ether oxygens (including phenoxy) is 6. The molecule has 0 spiro atoms. The van der Waals surface area contributed by atoms with Gasteiger partial charge in [0.1, 0.15) is 34.4 Å². The quantitative estimate of drug-likeness (QED) is 0.0760. The predicted octanol–water partition coefficient (Wildman–Crippen LogP) is 13.8. The number of nitrogen functional groups attached to an aromatic ring is 1. The number of fused-ring (bicyclic) bond motifs is 2. The van der Waals surface area contributed by atoms with Crippen molar-refractivity contribution in [3.8, 4) is 68.2 Å². The third kappa shape index (κ3) is 16.2. The van der Waals surface area contributed by atoms with E-state index >= 15 is 0 Å². The normalized spacial score (nSPS) is 13.3. The second-order valence-electron chi connectivity index (χ2n) is 22.1. The Bertz CT molecular complexity index is 4310. The van der Waals surface area contributed by atoms with E-state index in [2.05, 4.69) is 19.9 Å². The number of hydrogen-bond donors (Lipinski definition) is 2. The average molecular weight is 1260 g/mol. The van der Waals surface area contributed by atoms with Crippen molar-refractivity contribution in [3.05, 3.63) is 207 Å². The smallest absolute Gasteiger partial charge is 0.341 e. The maximum absolute atomic E-state index is 13.7. The minimum atomic E-state index is -1.16. The van der Waals surface area contributed by atoms with Gasteiger partial charge in [0.05, 0.1) is 63.9 Å². The lowest BCUT2D eigenvalue weighted by Gasteiger charge is -2.23. The fourth-order valence-electron chi connectivity index (χ4n) is 10.8. The lowest BCUT2D eigenvalue weighted by Crippen LogP contribution is -2.24. The lowest BCUT2D eigenvalue weighted by atomic mass is 9.99. The van der Waals surface area contributed by atoms with Crippen molar-refractivity contribution >= 4 is 62.9 Å². The maximum Gasteiger partial charge on any atom is 0.341 e. The number of thioether (sulfide) groups is 2. The molecule has 2 aliphatic rings. The largest absolute Gasteiger partial charge is 0.493 e. The molecule has 2 aliphatic heterocycles. The molecule has 0 bridgehead atoms. The number of pyridine rings is 6. The molecular formula is C71H71N7O11S2. The molecular weight excluding hydrogens is 1190 g/mol. The molecule has 3 N–H and O–H groups in total. The third-order valence-corrected chi connectivity index (χ3v) is 17.9. The minimum absolute atomic E-state index is 0.00210. The van der Waals surface area contributed by atoms with Gasteiger partial charge in [0, 0.05) is 90.0 Å². The van der Waals surface area contributed by atoms with Gasteiger partial charge in [0.2, 0.25) is 5.43 Å². The molecule has 8 heterocycles. The fraction of sp³-hybridized carbons (Fsp3) is 0.268. The molecule has 0 saturated carbocycles. The molecule has 2 fully saturated rings. The summed E-state index contributed by atoms with van der Waals surface area (Å²) < 4.78 is 37.4. The Balaban J connectivity index is 0.000000166. The summed E-state index contributed by atoms with van der Waals surface area (Å²) in [7, 11) is 6.33. The van der Waals surface area contributed by atoms with Crippen LogP contribution in [0.1, 0.15) is 63.2 Å². The molecule has 6 aromatic heterocycles. The van der Waals surface area contributed by atoms with E-state index in [4.69, 9.17) is 34.2 Å². The highest BCUT2D eigenvalue weighted by molar-refractivity contribution is 7.99. The maximum atomic E-state index is 13.7. The summed E-state index contributed by atoms with van der Waals surface area (Å²) in [4.78, 5) is 68.6. The van der Waals surface area contributed by atoms with Crippen molar-refractivity contribution in [1.29, 1.82) is 0 Å². The predicted molar refractivity (Wildman–Crippen MR) is 360 cm³/mol. The molecule has 0 unspecified atom stereocenters. The van der Waals surface area contributed by atoms with Crippen LogP contribution < -0.4 is 45.0 Å². The number of carboxylic acids is 1. The Hall–Kier alpha value is -9.66. The second-order valence-corrected chi connectivity index (χ2v) is 24.6. The number of rotatable bonds is 18. The monoisotopic (exact) mass is 1260 g/mol. The van der Waals surface area contributed by atoms with Gasteiger partial charge in [-0.1, -0.05) is 59.7 Å². The first-order valence-electron chi connectivity index (χ1n) is 29.7. The molecule has 0 amide bonds. The number of aromatic nitrogens is 6. The van der Waals surface area contributed by atoms with Crippen LogP contribution in [0.5, 0.6) is 46.0 Å². The summed E-state index contributed by atoms with van der Waals surface area (Å²) in [5.41, 5.74) is 11.7. The van der Waals surface area contributed by atoms with E-state index in [9.17, 15) is 24.3 Å². The van der Waals surface area contributed by atoms with Crippen molar-refractivity contribution in [2.75, 3.05) is 57.2 Å². The Morgan fingerprint density at radius 3 is 1.37 bits per heavy atom. The zero-order valence-electron chi connectivity index (χ0n) is 51.6. The number of ketones is 1. The zero-order valence-corrected chi connectivity index (χ0v) is 53.2. The first kappa shape index (κ1) is 64.3. The SMILES string of the molecule is COc1cc2nccc(Oc3ccc(CC(=O)c4cn(CC5CCSCC5)cc(-c5ccc(C)cc5)c4=O)nc3)c2cc1OC.COc1cc2nccc(Oc3ccc(N)nc3)c2cc1OC.Cc1ccc(-c2cn(CC3CCSCC3)cc(C(=O)O)c2=O)cc1. The highest BCUT2D eigenvalue weighted by Crippen LogP contribution is 2.39. The van der Waals surface area contributed by atoms with Gasteiger partial charge in [-0.2, -0.15) is 23.5 Å². The Morgan fingerprint density at radius 2 is 0.956 bits per heavy atom.